The number of likely N-dealkylation sites (tertiary alicyclic amines) is 1. The van der Waals surface area contributed by atoms with Crippen molar-refractivity contribution in [2.75, 3.05) is 13.1 Å². The number of Topliss-reactive ketones (excluding diaryl/α,β-unsaturated/α-hetero) is 1. The maximum absolute atomic E-state index is 13.9. The average molecular weight is 385 g/mol. The van der Waals surface area contributed by atoms with Gasteiger partial charge in [-0.2, -0.15) is 0 Å². The number of ketones is 1. The van der Waals surface area contributed by atoms with Gasteiger partial charge in [0.1, 0.15) is 23.0 Å². The van der Waals surface area contributed by atoms with E-state index in [1.165, 1.54) is 11.0 Å². The molecule has 0 saturated carbocycles. The first-order chi connectivity index (χ1) is 13.3. The zero-order valence-electron chi connectivity index (χ0n) is 15.9. The van der Waals surface area contributed by atoms with Crippen molar-refractivity contribution in [3.63, 3.8) is 0 Å². The Balaban J connectivity index is 1.51. The van der Waals surface area contributed by atoms with E-state index in [9.17, 15) is 18.4 Å². The van der Waals surface area contributed by atoms with E-state index >= 15 is 0 Å². The van der Waals surface area contributed by atoms with Gasteiger partial charge in [0.05, 0.1) is 17.5 Å². The van der Waals surface area contributed by atoms with Crippen LogP contribution in [0.15, 0.2) is 30.3 Å². The van der Waals surface area contributed by atoms with E-state index in [4.69, 9.17) is 4.74 Å². The summed E-state index contributed by atoms with van der Waals surface area (Å²) >= 11 is 0. The summed E-state index contributed by atoms with van der Waals surface area (Å²) in [4.78, 5) is 26.8. The van der Waals surface area contributed by atoms with E-state index < -0.39 is 23.1 Å². The molecule has 0 aromatic heterocycles. The Labute approximate surface area is 162 Å². The van der Waals surface area contributed by atoms with Crippen molar-refractivity contribution in [2.45, 2.75) is 38.7 Å². The number of hydrogen-bond acceptors (Lipinski definition) is 3. The second-order valence-corrected chi connectivity index (χ2v) is 7.73. The first-order valence-corrected chi connectivity index (χ1v) is 9.36. The number of piperidine rings is 1. The van der Waals surface area contributed by atoms with Crippen LogP contribution in [0.1, 0.15) is 51.1 Å². The molecule has 1 fully saturated rings. The van der Waals surface area contributed by atoms with Gasteiger partial charge in [-0.1, -0.05) is 0 Å². The molecule has 0 unspecified atom stereocenters. The predicted octanol–water partition coefficient (Wildman–Crippen LogP) is 4.22. The number of nitrogens with zero attached hydrogens (tertiary/aromatic N) is 1. The van der Waals surface area contributed by atoms with Crippen LogP contribution in [-0.4, -0.2) is 35.3 Å². The van der Waals surface area contributed by atoms with Crippen molar-refractivity contribution < 1.29 is 23.1 Å². The third kappa shape index (κ3) is 3.17. The van der Waals surface area contributed by atoms with Crippen LogP contribution >= 0.6 is 0 Å². The maximum Gasteiger partial charge on any atom is 0.256 e. The standard InChI is InChI=1S/C22H21F2NO3/c1-13-9-17-19(26)12-22(28-20(17)10-14(13)2)5-7-25(8-6-22)21(27)16-4-3-15(23)11-18(16)24/h3-4,9-11H,5-8,12H2,1-2H3. The molecule has 1 spiro atoms. The summed E-state index contributed by atoms with van der Waals surface area (Å²) in [6, 6.07) is 6.72. The number of amides is 1. The lowest BCUT2D eigenvalue weighted by Gasteiger charge is -2.44. The molecule has 0 aliphatic carbocycles. The normalized spacial score (nSPS) is 18.0. The van der Waals surface area contributed by atoms with Crippen LogP contribution in [0.5, 0.6) is 5.75 Å². The third-order valence-corrected chi connectivity index (χ3v) is 5.83. The summed E-state index contributed by atoms with van der Waals surface area (Å²) in [7, 11) is 0. The van der Waals surface area contributed by atoms with Gasteiger partial charge >= 0.3 is 0 Å². The van der Waals surface area contributed by atoms with Crippen molar-refractivity contribution in [2.24, 2.45) is 0 Å². The Morgan fingerprint density at radius 3 is 2.43 bits per heavy atom. The number of ether oxygens (including phenoxy) is 1. The monoisotopic (exact) mass is 385 g/mol. The molecule has 1 amide bonds. The summed E-state index contributed by atoms with van der Waals surface area (Å²) in [5.74, 6) is -1.40. The van der Waals surface area contributed by atoms with Gasteiger partial charge in [-0.15, -0.1) is 0 Å². The molecule has 1 saturated heterocycles. The number of carbonyl (C=O) groups excluding carboxylic acids is 2. The number of carbonyl (C=O) groups is 2. The quantitative estimate of drug-likeness (QED) is 0.738. The van der Waals surface area contributed by atoms with Gasteiger partial charge in [0.2, 0.25) is 0 Å². The fourth-order valence-electron chi connectivity index (χ4n) is 3.98. The molecule has 4 nitrogen and oxygen atoms in total. The van der Waals surface area contributed by atoms with Crippen LogP contribution < -0.4 is 4.74 Å². The van der Waals surface area contributed by atoms with Gasteiger partial charge in [0.25, 0.3) is 5.91 Å². The van der Waals surface area contributed by atoms with Crippen molar-refractivity contribution >= 4 is 11.7 Å². The van der Waals surface area contributed by atoms with Crippen LogP contribution in [0.2, 0.25) is 0 Å². The lowest BCUT2D eigenvalue weighted by Crippen LogP contribution is -2.52. The van der Waals surface area contributed by atoms with E-state index in [0.717, 1.165) is 17.2 Å². The van der Waals surface area contributed by atoms with Crippen LogP contribution in [0.3, 0.4) is 0 Å². The molecule has 0 atom stereocenters. The molecular weight excluding hydrogens is 364 g/mol. The lowest BCUT2D eigenvalue weighted by atomic mass is 9.81. The first-order valence-electron chi connectivity index (χ1n) is 9.36. The zero-order valence-corrected chi connectivity index (χ0v) is 15.9. The van der Waals surface area contributed by atoms with E-state index in [1.807, 2.05) is 26.0 Å². The number of aryl methyl sites for hydroxylation is 2. The highest BCUT2D eigenvalue weighted by Gasteiger charge is 2.44. The van der Waals surface area contributed by atoms with Crippen LogP contribution in [0, 0.1) is 25.5 Å². The Bertz CT molecular complexity index is 978. The lowest BCUT2D eigenvalue weighted by molar-refractivity contribution is -0.00584. The molecule has 2 aliphatic heterocycles. The zero-order chi connectivity index (χ0) is 20.1. The van der Waals surface area contributed by atoms with E-state index in [1.54, 1.807) is 0 Å². The highest BCUT2D eigenvalue weighted by atomic mass is 19.1. The molecule has 2 aromatic rings. The summed E-state index contributed by atoms with van der Waals surface area (Å²) in [5.41, 5.74) is 1.94. The first kappa shape index (κ1) is 18.6. The van der Waals surface area contributed by atoms with E-state index in [0.29, 0.717) is 43.3 Å². The van der Waals surface area contributed by atoms with Crippen LogP contribution in [-0.2, 0) is 0 Å². The molecule has 0 radical (unpaired) electrons. The van der Waals surface area contributed by atoms with Gasteiger partial charge in [-0.3, -0.25) is 9.59 Å². The van der Waals surface area contributed by atoms with Crippen LogP contribution in [0.25, 0.3) is 0 Å². The SMILES string of the molecule is Cc1cc2c(cc1C)C(=O)CC1(CCN(C(=O)c3ccc(F)cc3F)CC1)O2. The predicted molar refractivity (Wildman–Crippen MR) is 99.7 cm³/mol. The summed E-state index contributed by atoms with van der Waals surface area (Å²) < 4.78 is 33.3. The Kier molecular flexibility index (Phi) is 4.44. The van der Waals surface area contributed by atoms with Crippen molar-refractivity contribution in [1.82, 2.24) is 4.90 Å². The summed E-state index contributed by atoms with van der Waals surface area (Å²) in [5, 5.41) is 0. The third-order valence-electron chi connectivity index (χ3n) is 5.83. The molecular formula is C22H21F2NO3. The second-order valence-electron chi connectivity index (χ2n) is 7.73. The topological polar surface area (TPSA) is 46.6 Å². The molecule has 2 aromatic carbocycles. The fourth-order valence-corrected chi connectivity index (χ4v) is 3.98. The van der Waals surface area contributed by atoms with Crippen LogP contribution in [0.4, 0.5) is 8.78 Å². The molecule has 2 aliphatic rings. The largest absolute Gasteiger partial charge is 0.486 e. The summed E-state index contributed by atoms with van der Waals surface area (Å²) in [6.07, 6.45) is 1.24. The van der Waals surface area contributed by atoms with Gasteiger partial charge < -0.3 is 9.64 Å². The molecule has 28 heavy (non-hydrogen) atoms. The van der Waals surface area contributed by atoms with Crippen molar-refractivity contribution in [1.29, 1.82) is 0 Å². The molecule has 0 N–H and O–H groups in total. The number of rotatable bonds is 1. The number of hydrogen-bond donors (Lipinski definition) is 0. The molecule has 4 rings (SSSR count). The van der Waals surface area contributed by atoms with Gasteiger partial charge in [0.15, 0.2) is 5.78 Å². The average Bonchev–Trinajstić information content (AvgIpc) is 2.64. The van der Waals surface area contributed by atoms with Crippen molar-refractivity contribution in [3.8, 4) is 5.75 Å². The fraction of sp³-hybridized carbons (Fsp3) is 0.364. The van der Waals surface area contributed by atoms with Gasteiger partial charge in [0, 0.05) is 32.0 Å². The smallest absolute Gasteiger partial charge is 0.256 e. The number of fused-ring (bicyclic) bond motifs is 1. The molecule has 2 heterocycles. The van der Waals surface area contributed by atoms with Gasteiger partial charge in [-0.05, 0) is 49.2 Å². The van der Waals surface area contributed by atoms with E-state index in [-0.39, 0.29) is 17.8 Å². The summed E-state index contributed by atoms with van der Waals surface area (Å²) in [6.45, 7) is 4.64. The Morgan fingerprint density at radius 2 is 1.75 bits per heavy atom. The molecule has 146 valence electrons. The molecule has 0 bridgehead atoms. The minimum atomic E-state index is -0.867. The van der Waals surface area contributed by atoms with E-state index in [2.05, 4.69) is 0 Å². The highest BCUT2D eigenvalue weighted by Crippen LogP contribution is 2.40. The maximum atomic E-state index is 13.9. The second kappa shape index (κ2) is 6.69. The van der Waals surface area contributed by atoms with Gasteiger partial charge in [-0.25, -0.2) is 8.78 Å². The van der Waals surface area contributed by atoms with Crippen molar-refractivity contribution in [3.05, 3.63) is 64.2 Å². The number of halogens is 2. The minimum Gasteiger partial charge on any atom is -0.486 e. The Hall–Kier alpha value is -2.76. The number of benzene rings is 2. The molecule has 6 heteroatoms. The highest BCUT2D eigenvalue weighted by molar-refractivity contribution is 6.00. The minimum absolute atomic E-state index is 0.0497. The Morgan fingerprint density at radius 1 is 1.07 bits per heavy atom.